The second kappa shape index (κ2) is 2.76. The van der Waals surface area contributed by atoms with Crippen LogP contribution in [-0.2, 0) is 11.8 Å². The summed E-state index contributed by atoms with van der Waals surface area (Å²) in [6.45, 7) is 8.94. The molecule has 0 aliphatic rings. The molecule has 0 radical (unpaired) electrons. The van der Waals surface area contributed by atoms with Gasteiger partial charge in [0.15, 0.2) is 0 Å². The number of hydrogen-bond donors (Lipinski definition) is 0. The van der Waals surface area contributed by atoms with Gasteiger partial charge in [-0.05, 0) is 11.3 Å². The van der Waals surface area contributed by atoms with Gasteiger partial charge in [0.05, 0.1) is 0 Å². The van der Waals surface area contributed by atoms with Gasteiger partial charge in [-0.25, -0.2) is 0 Å². The molecular weight excluding hydrogens is 146 g/mol. The molecule has 0 nitrogen and oxygen atoms in total. The maximum atomic E-state index is 5.49. The van der Waals surface area contributed by atoms with E-state index in [9.17, 15) is 0 Å². The van der Waals surface area contributed by atoms with Gasteiger partial charge < -0.3 is 0 Å². The van der Waals surface area contributed by atoms with E-state index in [0.717, 1.165) is 0 Å². The summed E-state index contributed by atoms with van der Waals surface area (Å²) in [5.41, 5.74) is 0. The Hall–Kier alpha value is 0.715. The summed E-state index contributed by atoms with van der Waals surface area (Å²) in [5, 5.41) is 0.372. The molecule has 0 aromatic rings. The van der Waals surface area contributed by atoms with E-state index in [1.54, 1.807) is 0 Å². The smallest absolute Gasteiger partial charge is 0.107 e. The Morgan fingerprint density at radius 2 is 1.78 bits per heavy atom. The molecule has 0 fully saturated rings. The average molecular weight is 162 g/mol. The van der Waals surface area contributed by atoms with E-state index < -0.39 is 5.92 Å². The lowest BCUT2D eigenvalue weighted by molar-refractivity contribution is 0.789. The van der Waals surface area contributed by atoms with Gasteiger partial charge in [-0.2, -0.15) is 0 Å². The van der Waals surface area contributed by atoms with Crippen LogP contribution in [0.5, 0.6) is 0 Å². The Morgan fingerprint density at radius 1 is 1.44 bits per heavy atom. The average Bonchev–Trinajstić information content (AvgIpc) is 1.64. The zero-order valence-electron chi connectivity index (χ0n) is 7.06. The zero-order valence-corrected chi connectivity index (χ0v) is 8.77. The molecule has 1 atom stereocenters. The molecule has 3 heteroatoms. The summed E-state index contributed by atoms with van der Waals surface area (Å²) < 4.78 is 0. The highest BCUT2D eigenvalue weighted by Gasteiger charge is 2.24. The van der Waals surface area contributed by atoms with Crippen molar-refractivity contribution in [3.63, 3.8) is 0 Å². The fraction of sp³-hybridized carbons (Fsp3) is 1.00. The third-order valence-electron chi connectivity index (χ3n) is 2.02. The molecule has 0 heterocycles. The van der Waals surface area contributed by atoms with E-state index in [2.05, 4.69) is 35.3 Å². The van der Waals surface area contributed by atoms with Gasteiger partial charge in [0.25, 0.3) is 0 Å². The van der Waals surface area contributed by atoms with Crippen LogP contribution in [0.1, 0.15) is 27.7 Å². The number of hydrogen-bond acceptors (Lipinski definition) is 1. The first-order chi connectivity index (χ1) is 3.81. The van der Waals surface area contributed by atoms with Crippen molar-refractivity contribution in [2.45, 2.75) is 32.9 Å². The highest BCUT2D eigenvalue weighted by atomic mass is 32.4. The Kier molecular flexibility index (Phi) is 2.98. The molecule has 0 N–H and O–H groups in total. The molecule has 54 valence electrons. The van der Waals surface area contributed by atoms with Gasteiger partial charge in [-0.15, -0.1) is 11.8 Å². The first-order valence-electron chi connectivity index (χ1n) is 3.38. The monoisotopic (exact) mass is 162 g/mol. The molecular formula is C6H16BPS. The molecule has 0 aromatic carbocycles. The summed E-state index contributed by atoms with van der Waals surface area (Å²) in [6, 6.07) is 0. The molecule has 1 unspecified atom stereocenters. The molecule has 0 aliphatic heterocycles. The van der Waals surface area contributed by atoms with E-state index in [0.29, 0.717) is 5.16 Å². The molecule has 0 bridgehead atoms. The van der Waals surface area contributed by atoms with Crippen LogP contribution in [0.2, 0.25) is 0 Å². The van der Waals surface area contributed by atoms with Crippen LogP contribution in [0.4, 0.5) is 0 Å². The van der Waals surface area contributed by atoms with Crippen LogP contribution in [0.25, 0.3) is 0 Å². The van der Waals surface area contributed by atoms with E-state index in [-0.39, 0.29) is 0 Å². The van der Waals surface area contributed by atoms with Gasteiger partial charge in [0.1, 0.15) is 7.57 Å². The minimum Gasteiger partial charge on any atom is -0.107 e. The number of rotatable bonds is 1. The molecule has 0 rings (SSSR count). The van der Waals surface area contributed by atoms with Crippen molar-refractivity contribution in [3.05, 3.63) is 0 Å². The molecule has 0 aromatic heterocycles. The Balaban J connectivity index is 4.35. The molecule has 0 aliphatic carbocycles. The first-order valence-corrected chi connectivity index (χ1v) is 6.81. The topological polar surface area (TPSA) is 0 Å². The van der Waals surface area contributed by atoms with E-state index in [1.807, 2.05) is 0 Å². The van der Waals surface area contributed by atoms with E-state index in [1.165, 1.54) is 6.16 Å². The Morgan fingerprint density at radius 3 is 1.78 bits per heavy atom. The highest BCUT2D eigenvalue weighted by Crippen LogP contribution is 2.52. The zero-order chi connectivity index (χ0) is 7.71. The van der Waals surface area contributed by atoms with Gasteiger partial charge in [-0.3, -0.25) is 0 Å². The fourth-order valence-corrected chi connectivity index (χ4v) is 1.42. The van der Waals surface area contributed by atoms with Crippen LogP contribution in [-0.4, -0.2) is 18.9 Å². The summed E-state index contributed by atoms with van der Waals surface area (Å²) in [5.74, 6) is -1.02. The van der Waals surface area contributed by atoms with Gasteiger partial charge >= 0.3 is 0 Å². The fourth-order valence-electron chi connectivity index (χ4n) is 0.474. The lowest BCUT2D eigenvalue weighted by Gasteiger charge is -2.30. The molecule has 9 heavy (non-hydrogen) atoms. The quantitative estimate of drug-likeness (QED) is 0.418. The first kappa shape index (κ1) is 9.71. The third kappa shape index (κ3) is 2.43. The van der Waals surface area contributed by atoms with Crippen LogP contribution in [0.3, 0.4) is 0 Å². The van der Waals surface area contributed by atoms with Gasteiger partial charge in [0, 0.05) is 0 Å². The van der Waals surface area contributed by atoms with Crippen molar-refractivity contribution in [1.29, 1.82) is 0 Å². The van der Waals surface area contributed by atoms with Crippen molar-refractivity contribution >= 4 is 25.3 Å². The summed E-state index contributed by atoms with van der Waals surface area (Å²) in [7, 11) is 2.25. The minimum atomic E-state index is -1.02. The molecule has 0 saturated heterocycles. The van der Waals surface area contributed by atoms with Crippen molar-refractivity contribution in [2.24, 2.45) is 0 Å². The largest absolute Gasteiger partial charge is 0.148 e. The minimum absolute atomic E-state index is 0.372. The standard InChI is InChI=1S/C6H16BPS/c1-5-8(7,9)6(2,3)4/h5,7H2,1-4H3. The SMILES string of the molecule is BP(=S)(CC)C(C)(C)C. The maximum Gasteiger partial charge on any atom is 0.148 e. The van der Waals surface area contributed by atoms with Crippen molar-refractivity contribution in [1.82, 2.24) is 0 Å². The van der Waals surface area contributed by atoms with Gasteiger partial charge in [-0.1, -0.05) is 33.6 Å². The lowest BCUT2D eigenvalue weighted by Crippen LogP contribution is -2.15. The molecule has 0 spiro atoms. The maximum absolute atomic E-state index is 5.49. The third-order valence-corrected chi connectivity index (χ3v) is 8.49. The van der Waals surface area contributed by atoms with Crippen molar-refractivity contribution in [2.75, 3.05) is 6.16 Å². The summed E-state index contributed by atoms with van der Waals surface area (Å²) >= 11 is 5.49. The predicted molar refractivity (Wildman–Crippen MR) is 53.1 cm³/mol. The second-order valence-electron chi connectivity index (χ2n) is 3.59. The van der Waals surface area contributed by atoms with Crippen molar-refractivity contribution in [3.8, 4) is 0 Å². The van der Waals surface area contributed by atoms with Crippen LogP contribution in [0, 0.1) is 0 Å². The summed E-state index contributed by atoms with van der Waals surface area (Å²) in [6.07, 6.45) is 1.19. The highest BCUT2D eigenvalue weighted by molar-refractivity contribution is 8.26. The molecule has 0 saturated carbocycles. The normalized spacial score (nSPS) is 19.1. The van der Waals surface area contributed by atoms with Crippen LogP contribution in [0.15, 0.2) is 0 Å². The second-order valence-corrected chi connectivity index (χ2v) is 10.2. The summed E-state index contributed by atoms with van der Waals surface area (Å²) in [4.78, 5) is 0. The van der Waals surface area contributed by atoms with Crippen molar-refractivity contribution < 1.29 is 0 Å². The van der Waals surface area contributed by atoms with Gasteiger partial charge in [0.2, 0.25) is 0 Å². The van der Waals surface area contributed by atoms with Crippen LogP contribution < -0.4 is 0 Å². The Labute approximate surface area is 64.8 Å². The van der Waals surface area contributed by atoms with E-state index >= 15 is 0 Å². The predicted octanol–water partition coefficient (Wildman–Crippen LogP) is 1.83. The Bertz CT molecular complexity index is 136. The lowest BCUT2D eigenvalue weighted by atomic mass is 10.3. The van der Waals surface area contributed by atoms with E-state index in [4.69, 9.17) is 11.8 Å². The van der Waals surface area contributed by atoms with Crippen LogP contribution >= 0.6 is 5.92 Å². The molecule has 0 amide bonds.